The van der Waals surface area contributed by atoms with Crippen LogP contribution in [0.3, 0.4) is 0 Å². The number of para-hydroxylation sites is 1. The summed E-state index contributed by atoms with van der Waals surface area (Å²) in [5, 5.41) is 1.58. The summed E-state index contributed by atoms with van der Waals surface area (Å²) in [7, 11) is 1.62. The van der Waals surface area contributed by atoms with Gasteiger partial charge in [0.2, 0.25) is 0 Å². The molecule has 0 bridgehead atoms. The fourth-order valence-corrected chi connectivity index (χ4v) is 3.51. The van der Waals surface area contributed by atoms with Gasteiger partial charge in [0.25, 0.3) is 0 Å². The van der Waals surface area contributed by atoms with Crippen LogP contribution in [0, 0.1) is 13.8 Å². The van der Waals surface area contributed by atoms with Crippen LogP contribution in [0.15, 0.2) is 54.7 Å². The highest BCUT2D eigenvalue weighted by molar-refractivity contribution is 6.32. The molecule has 0 fully saturated rings. The van der Waals surface area contributed by atoms with Gasteiger partial charge in [-0.1, -0.05) is 35.9 Å². The first-order valence-corrected chi connectivity index (χ1v) is 8.99. The Bertz CT molecular complexity index is 1130. The Balaban J connectivity index is 1.84. The monoisotopic (exact) mass is 375 g/mol. The molecule has 4 rings (SSSR count). The van der Waals surface area contributed by atoms with E-state index >= 15 is 0 Å². The van der Waals surface area contributed by atoms with E-state index in [9.17, 15) is 0 Å². The molecule has 0 spiro atoms. The minimum Gasteiger partial charge on any atom is -0.495 e. The lowest BCUT2D eigenvalue weighted by atomic mass is 10.0. The summed E-state index contributed by atoms with van der Waals surface area (Å²) in [5.41, 5.74) is 5.45. The third-order valence-corrected chi connectivity index (χ3v) is 4.80. The summed E-state index contributed by atoms with van der Waals surface area (Å²) >= 11 is 6.38. The first kappa shape index (κ1) is 17.4. The number of nitrogens with zero attached hydrogens (tertiary/aromatic N) is 3. The van der Waals surface area contributed by atoms with Gasteiger partial charge in [-0.2, -0.15) is 0 Å². The second-order valence-electron chi connectivity index (χ2n) is 6.42. The molecule has 0 radical (unpaired) electrons. The third kappa shape index (κ3) is 3.24. The number of pyridine rings is 1. The van der Waals surface area contributed by atoms with Crippen molar-refractivity contribution >= 4 is 22.5 Å². The molecule has 27 heavy (non-hydrogen) atoms. The molecule has 0 saturated heterocycles. The number of ether oxygens (including phenoxy) is 1. The fraction of sp³-hybridized carbons (Fsp3) is 0.136. The first-order chi connectivity index (χ1) is 13.1. The van der Waals surface area contributed by atoms with Gasteiger partial charge >= 0.3 is 0 Å². The van der Waals surface area contributed by atoms with Gasteiger partial charge in [0.05, 0.1) is 23.3 Å². The number of hydrogen-bond donors (Lipinski definition) is 0. The molecule has 0 aliphatic carbocycles. The van der Waals surface area contributed by atoms with Crippen LogP contribution in [-0.2, 0) is 0 Å². The van der Waals surface area contributed by atoms with Gasteiger partial charge in [-0.25, -0.2) is 15.0 Å². The lowest BCUT2D eigenvalue weighted by Gasteiger charge is -2.12. The van der Waals surface area contributed by atoms with Gasteiger partial charge in [0.1, 0.15) is 11.4 Å². The molecule has 0 N–H and O–H groups in total. The molecule has 0 saturated carbocycles. The lowest BCUT2D eigenvalue weighted by Crippen LogP contribution is -1.97. The molecule has 4 nitrogen and oxygen atoms in total. The van der Waals surface area contributed by atoms with Crippen LogP contribution >= 0.6 is 11.6 Å². The Hall–Kier alpha value is -2.98. The Morgan fingerprint density at radius 2 is 1.74 bits per heavy atom. The molecule has 0 amide bonds. The Kier molecular flexibility index (Phi) is 4.50. The molecular weight excluding hydrogens is 358 g/mol. The molecular formula is C22H18ClN3O. The van der Waals surface area contributed by atoms with E-state index in [2.05, 4.69) is 9.97 Å². The minimum atomic E-state index is 0.570. The zero-order valence-corrected chi connectivity index (χ0v) is 16.1. The van der Waals surface area contributed by atoms with Gasteiger partial charge in [-0.3, -0.25) is 0 Å². The van der Waals surface area contributed by atoms with Crippen LogP contribution in [0.25, 0.3) is 33.7 Å². The highest BCUT2D eigenvalue weighted by Gasteiger charge is 2.13. The second-order valence-corrected chi connectivity index (χ2v) is 6.83. The maximum atomic E-state index is 6.38. The molecule has 2 aromatic carbocycles. The average molecular weight is 376 g/mol. The maximum Gasteiger partial charge on any atom is 0.178 e. The number of halogens is 1. The summed E-state index contributed by atoms with van der Waals surface area (Å²) < 4.78 is 5.36. The van der Waals surface area contributed by atoms with E-state index < -0.39 is 0 Å². The Labute approximate surface area is 162 Å². The SMILES string of the molecule is COc1c(C)cc(-c2nc(-c3ncc4ccccc4n3)ccc2C)cc1Cl. The Morgan fingerprint density at radius 3 is 2.52 bits per heavy atom. The molecule has 2 aromatic heterocycles. The van der Waals surface area contributed by atoms with Crippen LogP contribution in [0.4, 0.5) is 0 Å². The van der Waals surface area contributed by atoms with Gasteiger partial charge < -0.3 is 4.74 Å². The van der Waals surface area contributed by atoms with Crippen molar-refractivity contribution in [1.82, 2.24) is 15.0 Å². The number of aromatic nitrogens is 3. The van der Waals surface area contributed by atoms with Crippen molar-refractivity contribution in [2.45, 2.75) is 13.8 Å². The highest BCUT2D eigenvalue weighted by Crippen LogP contribution is 2.34. The summed E-state index contributed by atoms with van der Waals surface area (Å²) in [6.45, 7) is 4.00. The standard InChI is InChI=1S/C22H18ClN3O/c1-13-8-9-19(22-24-12-15-6-4-5-7-18(15)26-22)25-20(13)16-10-14(2)21(27-3)17(23)11-16/h4-12H,1-3H3. The van der Waals surface area contributed by atoms with Crippen molar-refractivity contribution in [2.75, 3.05) is 7.11 Å². The molecule has 0 aliphatic rings. The van der Waals surface area contributed by atoms with E-state index in [0.29, 0.717) is 16.6 Å². The van der Waals surface area contributed by atoms with Crippen molar-refractivity contribution in [3.05, 3.63) is 70.9 Å². The molecule has 0 atom stereocenters. The number of hydrogen-bond acceptors (Lipinski definition) is 4. The number of fused-ring (bicyclic) bond motifs is 1. The van der Waals surface area contributed by atoms with Crippen molar-refractivity contribution in [2.24, 2.45) is 0 Å². The summed E-state index contributed by atoms with van der Waals surface area (Å²) in [6, 6.07) is 15.8. The third-order valence-electron chi connectivity index (χ3n) is 4.52. The maximum absolute atomic E-state index is 6.38. The second kappa shape index (κ2) is 6.97. The molecule has 5 heteroatoms. The minimum absolute atomic E-state index is 0.570. The first-order valence-electron chi connectivity index (χ1n) is 8.61. The number of methoxy groups -OCH3 is 1. The lowest BCUT2D eigenvalue weighted by molar-refractivity contribution is 0.412. The molecule has 0 aliphatic heterocycles. The van der Waals surface area contributed by atoms with Gasteiger partial charge in [0, 0.05) is 17.1 Å². The summed E-state index contributed by atoms with van der Waals surface area (Å²) in [5.74, 6) is 1.29. The van der Waals surface area contributed by atoms with Crippen molar-refractivity contribution in [1.29, 1.82) is 0 Å². The average Bonchev–Trinajstić information content (AvgIpc) is 2.67. The molecule has 134 valence electrons. The van der Waals surface area contributed by atoms with Crippen LogP contribution < -0.4 is 4.74 Å². The fourth-order valence-electron chi connectivity index (χ4n) is 3.17. The van der Waals surface area contributed by atoms with E-state index in [1.54, 1.807) is 7.11 Å². The van der Waals surface area contributed by atoms with Crippen molar-refractivity contribution in [3.8, 4) is 28.5 Å². The predicted molar refractivity (Wildman–Crippen MR) is 109 cm³/mol. The van der Waals surface area contributed by atoms with Gasteiger partial charge in [0.15, 0.2) is 5.82 Å². The normalized spacial score (nSPS) is 11.0. The van der Waals surface area contributed by atoms with Crippen LogP contribution in [-0.4, -0.2) is 22.1 Å². The van der Waals surface area contributed by atoms with Crippen LogP contribution in [0.5, 0.6) is 5.75 Å². The molecule has 4 aromatic rings. The van der Waals surface area contributed by atoms with Gasteiger partial charge in [-0.05, 0) is 49.2 Å². The molecule has 0 unspecified atom stereocenters. The van der Waals surface area contributed by atoms with E-state index in [-0.39, 0.29) is 0 Å². The number of aryl methyl sites for hydroxylation is 2. The molecule has 2 heterocycles. The van der Waals surface area contributed by atoms with E-state index in [1.807, 2.05) is 68.6 Å². The Morgan fingerprint density at radius 1 is 0.926 bits per heavy atom. The van der Waals surface area contributed by atoms with E-state index in [0.717, 1.165) is 39.0 Å². The zero-order chi connectivity index (χ0) is 19.0. The summed E-state index contributed by atoms with van der Waals surface area (Å²) in [4.78, 5) is 14.0. The van der Waals surface area contributed by atoms with Crippen molar-refractivity contribution in [3.63, 3.8) is 0 Å². The highest BCUT2D eigenvalue weighted by atomic mass is 35.5. The van der Waals surface area contributed by atoms with E-state index in [4.69, 9.17) is 21.3 Å². The van der Waals surface area contributed by atoms with Crippen LogP contribution in [0.1, 0.15) is 11.1 Å². The number of benzene rings is 2. The van der Waals surface area contributed by atoms with Crippen molar-refractivity contribution < 1.29 is 4.74 Å². The summed E-state index contributed by atoms with van der Waals surface area (Å²) in [6.07, 6.45) is 1.83. The topological polar surface area (TPSA) is 47.9 Å². The van der Waals surface area contributed by atoms with Gasteiger partial charge in [-0.15, -0.1) is 0 Å². The predicted octanol–water partition coefficient (Wildman–Crippen LogP) is 5.64. The largest absolute Gasteiger partial charge is 0.495 e. The van der Waals surface area contributed by atoms with E-state index in [1.165, 1.54) is 0 Å². The smallest absolute Gasteiger partial charge is 0.178 e. The quantitative estimate of drug-likeness (QED) is 0.465. The van der Waals surface area contributed by atoms with Crippen LogP contribution in [0.2, 0.25) is 5.02 Å². The number of rotatable bonds is 3. The zero-order valence-electron chi connectivity index (χ0n) is 15.3.